The molecule has 0 radical (unpaired) electrons. The number of hydrogen-bond acceptors (Lipinski definition) is 3. The van der Waals surface area contributed by atoms with Gasteiger partial charge in [-0.1, -0.05) is 28.9 Å². The summed E-state index contributed by atoms with van der Waals surface area (Å²) in [5, 5.41) is 4.42. The highest BCUT2D eigenvalue weighted by Gasteiger charge is 2.23. The van der Waals surface area contributed by atoms with Crippen LogP contribution in [-0.4, -0.2) is 11.5 Å². The lowest BCUT2D eigenvalue weighted by atomic mass is 10.1. The van der Waals surface area contributed by atoms with Crippen molar-refractivity contribution in [3.63, 3.8) is 0 Å². The topological polar surface area (TPSA) is 24.9 Å². The van der Waals surface area contributed by atoms with Crippen molar-refractivity contribution in [2.75, 3.05) is 11.9 Å². The molecule has 0 aliphatic heterocycles. The zero-order chi connectivity index (χ0) is 11.8. The number of thiazole rings is 1. The summed E-state index contributed by atoms with van der Waals surface area (Å²) in [4.78, 5) is 6.08. The third-order valence-corrected chi connectivity index (χ3v) is 4.40. The van der Waals surface area contributed by atoms with Gasteiger partial charge in [0, 0.05) is 27.9 Å². The molecule has 0 atom stereocenters. The first-order chi connectivity index (χ1) is 8.28. The van der Waals surface area contributed by atoms with Crippen LogP contribution < -0.4 is 5.32 Å². The third-order valence-electron chi connectivity index (χ3n) is 2.90. The van der Waals surface area contributed by atoms with Crippen molar-refractivity contribution in [1.29, 1.82) is 0 Å². The minimum Gasteiger partial charge on any atom is -0.362 e. The summed E-state index contributed by atoms with van der Waals surface area (Å²) < 4.78 is 1.15. The van der Waals surface area contributed by atoms with E-state index in [9.17, 15) is 0 Å². The van der Waals surface area contributed by atoms with Gasteiger partial charge in [-0.3, -0.25) is 0 Å². The molecule has 1 aromatic carbocycles. The van der Waals surface area contributed by atoms with Crippen molar-refractivity contribution in [1.82, 2.24) is 4.98 Å². The van der Waals surface area contributed by atoms with Gasteiger partial charge in [0.15, 0.2) is 5.13 Å². The molecule has 0 bridgehead atoms. The summed E-state index contributed by atoms with van der Waals surface area (Å²) in [6, 6.07) is 6.45. The van der Waals surface area contributed by atoms with Crippen molar-refractivity contribution >= 4 is 32.4 Å². The molecule has 0 amide bonds. The van der Waals surface area contributed by atoms with E-state index in [1.54, 1.807) is 11.3 Å². The molecule has 1 aromatic heterocycles. The highest BCUT2D eigenvalue weighted by Crippen LogP contribution is 2.41. The maximum Gasteiger partial charge on any atom is 0.183 e. The van der Waals surface area contributed by atoms with Crippen LogP contribution in [0.1, 0.15) is 23.8 Å². The van der Waals surface area contributed by atoms with Crippen molar-refractivity contribution in [2.24, 2.45) is 0 Å². The fraction of sp³-hybridized carbons (Fsp3) is 0.308. The Kier molecular flexibility index (Phi) is 2.92. The number of halogens is 1. The Morgan fingerprint density at radius 1 is 1.47 bits per heavy atom. The molecule has 3 rings (SSSR count). The molecule has 1 aliphatic carbocycles. The second-order valence-electron chi connectivity index (χ2n) is 4.20. The lowest BCUT2D eigenvalue weighted by Gasteiger charge is -2.01. The van der Waals surface area contributed by atoms with E-state index < -0.39 is 0 Å². The van der Waals surface area contributed by atoms with E-state index in [-0.39, 0.29) is 0 Å². The van der Waals surface area contributed by atoms with Crippen LogP contribution in [0.2, 0.25) is 0 Å². The van der Waals surface area contributed by atoms with Gasteiger partial charge in [0.2, 0.25) is 0 Å². The summed E-state index contributed by atoms with van der Waals surface area (Å²) in [5.41, 5.74) is 3.86. The van der Waals surface area contributed by atoms with Gasteiger partial charge in [-0.05, 0) is 24.1 Å². The molecule has 0 saturated carbocycles. The smallest absolute Gasteiger partial charge is 0.183 e. The van der Waals surface area contributed by atoms with E-state index in [4.69, 9.17) is 4.98 Å². The fourth-order valence-electron chi connectivity index (χ4n) is 2.10. The second-order valence-corrected chi connectivity index (χ2v) is 6.20. The molecule has 0 fully saturated rings. The van der Waals surface area contributed by atoms with Gasteiger partial charge in [0.05, 0.1) is 5.69 Å². The largest absolute Gasteiger partial charge is 0.362 e. The molecular weight excluding hydrogens is 296 g/mol. The molecule has 17 heavy (non-hydrogen) atoms. The van der Waals surface area contributed by atoms with Crippen LogP contribution in [0, 0.1) is 0 Å². The van der Waals surface area contributed by atoms with Gasteiger partial charge in [0.25, 0.3) is 0 Å². The van der Waals surface area contributed by atoms with Gasteiger partial charge in [-0.2, -0.15) is 0 Å². The van der Waals surface area contributed by atoms with Crippen molar-refractivity contribution < 1.29 is 0 Å². The number of anilines is 1. The van der Waals surface area contributed by atoms with Gasteiger partial charge >= 0.3 is 0 Å². The first kappa shape index (κ1) is 11.2. The van der Waals surface area contributed by atoms with E-state index in [0.717, 1.165) is 29.0 Å². The number of fused-ring (bicyclic) bond motifs is 3. The van der Waals surface area contributed by atoms with Crippen LogP contribution in [0.4, 0.5) is 5.13 Å². The van der Waals surface area contributed by atoms with E-state index >= 15 is 0 Å². The number of rotatable bonds is 3. The molecule has 1 N–H and O–H groups in total. The standard InChI is InChI=1S/C13H13BrN2S/c1-2-5-15-13-16-12-10-4-3-9(14)6-8(10)7-11(12)17-13/h3-4,6H,2,5,7H2,1H3,(H,15,16). The molecule has 0 saturated heterocycles. The van der Waals surface area contributed by atoms with Crippen LogP contribution in [0.25, 0.3) is 11.3 Å². The van der Waals surface area contributed by atoms with Crippen molar-refractivity contribution in [3.05, 3.63) is 33.1 Å². The number of aromatic nitrogens is 1. The van der Waals surface area contributed by atoms with Crippen LogP contribution in [0.3, 0.4) is 0 Å². The van der Waals surface area contributed by atoms with E-state index in [0.29, 0.717) is 0 Å². The second kappa shape index (κ2) is 4.42. The number of hydrogen-bond donors (Lipinski definition) is 1. The quantitative estimate of drug-likeness (QED) is 0.780. The number of benzene rings is 1. The summed E-state index contributed by atoms with van der Waals surface area (Å²) in [6.45, 7) is 3.17. The SMILES string of the molecule is CCCNc1nc2c(s1)Cc1cc(Br)ccc1-2. The third kappa shape index (κ3) is 2.00. The van der Waals surface area contributed by atoms with Crippen molar-refractivity contribution in [2.45, 2.75) is 19.8 Å². The molecule has 2 nitrogen and oxygen atoms in total. The Bertz CT molecular complexity index is 563. The highest BCUT2D eigenvalue weighted by atomic mass is 79.9. The minimum absolute atomic E-state index is 1.000. The molecular formula is C13H13BrN2S. The molecule has 0 unspecified atom stereocenters. The number of nitrogens with one attached hydrogen (secondary N) is 1. The van der Waals surface area contributed by atoms with Gasteiger partial charge in [-0.25, -0.2) is 4.98 Å². The van der Waals surface area contributed by atoms with Crippen molar-refractivity contribution in [3.8, 4) is 11.3 Å². The zero-order valence-corrected chi connectivity index (χ0v) is 12.0. The minimum atomic E-state index is 1.000. The first-order valence-electron chi connectivity index (χ1n) is 5.80. The average Bonchev–Trinajstić information content (AvgIpc) is 2.82. The summed E-state index contributed by atoms with van der Waals surface area (Å²) in [6.07, 6.45) is 2.16. The van der Waals surface area contributed by atoms with Crippen LogP contribution >= 0.6 is 27.3 Å². The van der Waals surface area contributed by atoms with Gasteiger partial charge < -0.3 is 5.32 Å². The Balaban J connectivity index is 1.95. The van der Waals surface area contributed by atoms with Crippen LogP contribution in [0.5, 0.6) is 0 Å². The Morgan fingerprint density at radius 2 is 2.35 bits per heavy atom. The van der Waals surface area contributed by atoms with Gasteiger partial charge in [-0.15, -0.1) is 11.3 Å². The lowest BCUT2D eigenvalue weighted by Crippen LogP contribution is -1.98. The van der Waals surface area contributed by atoms with Crippen LogP contribution in [0.15, 0.2) is 22.7 Å². The summed E-state index contributed by atoms with van der Waals surface area (Å²) in [7, 11) is 0. The fourth-order valence-corrected chi connectivity index (χ4v) is 3.54. The molecule has 88 valence electrons. The predicted molar refractivity (Wildman–Crippen MR) is 76.8 cm³/mol. The lowest BCUT2D eigenvalue weighted by molar-refractivity contribution is 0.976. The zero-order valence-electron chi connectivity index (χ0n) is 9.59. The first-order valence-corrected chi connectivity index (χ1v) is 7.41. The summed E-state index contributed by atoms with van der Waals surface area (Å²) in [5.74, 6) is 0. The molecule has 1 aliphatic rings. The molecule has 4 heteroatoms. The number of nitrogens with zero attached hydrogens (tertiary/aromatic N) is 1. The average molecular weight is 309 g/mol. The molecule has 0 spiro atoms. The molecule has 2 aromatic rings. The highest BCUT2D eigenvalue weighted by molar-refractivity contribution is 9.10. The van der Waals surface area contributed by atoms with E-state index in [1.165, 1.54) is 21.7 Å². The maximum atomic E-state index is 4.69. The maximum absolute atomic E-state index is 4.69. The van der Waals surface area contributed by atoms with Crippen LogP contribution in [-0.2, 0) is 6.42 Å². The monoisotopic (exact) mass is 308 g/mol. The summed E-state index contributed by atoms with van der Waals surface area (Å²) >= 11 is 5.30. The molecule has 1 heterocycles. The Morgan fingerprint density at radius 3 is 3.18 bits per heavy atom. The Labute approximate surface area is 113 Å². The Hall–Kier alpha value is -0.870. The van der Waals surface area contributed by atoms with Gasteiger partial charge in [0.1, 0.15) is 0 Å². The predicted octanol–water partition coefficient (Wildman–Crippen LogP) is 4.30. The van der Waals surface area contributed by atoms with E-state index in [2.05, 4.69) is 46.4 Å². The normalized spacial score (nSPS) is 12.4. The van der Waals surface area contributed by atoms with E-state index in [1.807, 2.05) is 0 Å².